The van der Waals surface area contributed by atoms with Gasteiger partial charge in [0.05, 0.1) is 33.8 Å². The summed E-state index contributed by atoms with van der Waals surface area (Å²) in [5.41, 5.74) is 0. The Morgan fingerprint density at radius 3 is 1.30 bits per heavy atom. The third-order valence-corrected chi connectivity index (χ3v) is 13.5. The molecule has 0 spiro atoms. The van der Waals surface area contributed by atoms with Gasteiger partial charge in [-0.15, -0.1) is 0 Å². The van der Waals surface area contributed by atoms with Gasteiger partial charge in [0.1, 0.15) is 19.3 Å². The molecule has 3 unspecified atom stereocenters. The third kappa shape index (κ3) is 53.6. The zero-order valence-electron chi connectivity index (χ0n) is 47.8. The molecule has 0 saturated carbocycles. The lowest BCUT2D eigenvalue weighted by molar-refractivity contribution is -0.870. The molecule has 0 radical (unpaired) electrons. The van der Waals surface area contributed by atoms with E-state index in [-0.39, 0.29) is 31.3 Å². The SMILES string of the molecule is CCCCC/C=C\C/C=C\C/C=C\C/C=C\CCCC(=O)NC(COP(=O)([O-])OCC[N+](C)(C)C)C(/C=C/CCCCCCCCCCC)OC(=O)CCCCCCCC/C=C\C/C=C\C/C=C\CCCCC. The number of unbranched alkanes of at least 4 members (excludes halogenated alkanes) is 22. The van der Waals surface area contributed by atoms with Crippen molar-refractivity contribution in [3.8, 4) is 0 Å². The highest BCUT2D eigenvalue weighted by Gasteiger charge is 2.27. The molecule has 0 fully saturated rings. The monoisotopic (exact) mass is 1040 g/mol. The average molecular weight is 1040 g/mol. The Morgan fingerprint density at radius 1 is 0.479 bits per heavy atom. The van der Waals surface area contributed by atoms with E-state index in [2.05, 4.69) is 111 Å². The highest BCUT2D eigenvalue weighted by molar-refractivity contribution is 7.45. The Balaban J connectivity index is 5.40. The topological polar surface area (TPSA) is 114 Å². The molecule has 0 aromatic carbocycles. The van der Waals surface area contributed by atoms with E-state index in [4.69, 9.17) is 13.8 Å². The van der Waals surface area contributed by atoms with Crippen molar-refractivity contribution in [3.63, 3.8) is 0 Å². The van der Waals surface area contributed by atoms with Crippen LogP contribution in [0.3, 0.4) is 0 Å². The van der Waals surface area contributed by atoms with E-state index in [9.17, 15) is 19.0 Å². The molecule has 0 rings (SSSR count). The number of hydrogen-bond acceptors (Lipinski definition) is 7. The number of amides is 1. The lowest BCUT2D eigenvalue weighted by Crippen LogP contribution is -2.47. The number of hydrogen-bond donors (Lipinski definition) is 1. The van der Waals surface area contributed by atoms with Crippen LogP contribution < -0.4 is 10.2 Å². The average Bonchev–Trinajstić information content (AvgIpc) is 3.35. The number of rotatable bonds is 52. The second-order valence-electron chi connectivity index (χ2n) is 20.8. The minimum Gasteiger partial charge on any atom is -0.756 e. The Bertz CT molecular complexity index is 1570. The number of carbonyl (C=O) groups excluding carboxylic acids is 2. The number of ether oxygens (including phenoxy) is 1. The Morgan fingerprint density at radius 2 is 0.849 bits per heavy atom. The first-order valence-corrected chi connectivity index (χ1v) is 31.0. The summed E-state index contributed by atoms with van der Waals surface area (Å²) < 4.78 is 30.2. The summed E-state index contributed by atoms with van der Waals surface area (Å²) in [6.45, 7) is 6.71. The molecule has 0 aromatic rings. The molecule has 0 bridgehead atoms. The number of phosphoric ester groups is 1. The van der Waals surface area contributed by atoms with Crippen LogP contribution in [0.5, 0.6) is 0 Å². The van der Waals surface area contributed by atoms with Gasteiger partial charge in [0, 0.05) is 12.8 Å². The maximum atomic E-state index is 13.5. The van der Waals surface area contributed by atoms with Crippen molar-refractivity contribution in [2.75, 3.05) is 40.9 Å². The summed E-state index contributed by atoms with van der Waals surface area (Å²) in [6.07, 6.45) is 69.5. The number of nitrogens with zero attached hydrogens (tertiary/aromatic N) is 1. The van der Waals surface area contributed by atoms with E-state index in [1.165, 1.54) is 96.3 Å². The van der Waals surface area contributed by atoms with E-state index in [1.54, 1.807) is 0 Å². The number of carbonyl (C=O) groups is 2. The first-order valence-electron chi connectivity index (χ1n) is 29.5. The maximum absolute atomic E-state index is 13.5. The molecule has 0 aliphatic rings. The van der Waals surface area contributed by atoms with Crippen LogP contribution >= 0.6 is 7.82 Å². The van der Waals surface area contributed by atoms with Crippen molar-refractivity contribution in [3.05, 3.63) is 97.2 Å². The number of quaternary nitrogens is 1. The Kier molecular flexibility index (Phi) is 50.2. The third-order valence-electron chi connectivity index (χ3n) is 12.5. The van der Waals surface area contributed by atoms with Crippen molar-refractivity contribution in [2.24, 2.45) is 0 Å². The first kappa shape index (κ1) is 69.9. The van der Waals surface area contributed by atoms with E-state index in [0.29, 0.717) is 23.9 Å². The maximum Gasteiger partial charge on any atom is 0.306 e. The summed E-state index contributed by atoms with van der Waals surface area (Å²) in [6, 6.07) is -0.927. The van der Waals surface area contributed by atoms with Crippen LogP contribution in [0, 0.1) is 0 Å². The van der Waals surface area contributed by atoms with Gasteiger partial charge in [0.2, 0.25) is 5.91 Å². The lowest BCUT2D eigenvalue weighted by atomic mass is 10.1. The lowest BCUT2D eigenvalue weighted by Gasteiger charge is -2.30. The van der Waals surface area contributed by atoms with Crippen molar-refractivity contribution < 1.29 is 37.3 Å². The van der Waals surface area contributed by atoms with E-state index >= 15 is 0 Å². The largest absolute Gasteiger partial charge is 0.756 e. The van der Waals surface area contributed by atoms with Gasteiger partial charge in [-0.25, -0.2) is 0 Å². The molecule has 1 amide bonds. The van der Waals surface area contributed by atoms with E-state index < -0.39 is 26.6 Å². The van der Waals surface area contributed by atoms with Crippen LogP contribution in [-0.2, 0) is 27.9 Å². The van der Waals surface area contributed by atoms with Gasteiger partial charge < -0.3 is 28.5 Å². The fourth-order valence-electron chi connectivity index (χ4n) is 7.87. The van der Waals surface area contributed by atoms with Gasteiger partial charge in [-0.3, -0.25) is 14.2 Å². The van der Waals surface area contributed by atoms with Gasteiger partial charge in [0.15, 0.2) is 0 Å². The van der Waals surface area contributed by atoms with Crippen LogP contribution in [0.15, 0.2) is 97.2 Å². The minimum atomic E-state index is -4.72. The number of nitrogens with one attached hydrogen (secondary N) is 1. The van der Waals surface area contributed by atoms with Gasteiger partial charge in [-0.1, -0.05) is 215 Å². The van der Waals surface area contributed by atoms with Crippen LogP contribution in [-0.4, -0.2) is 69.4 Å². The normalized spacial score (nSPS) is 14.5. The molecular weight excluding hydrogens is 928 g/mol. The quantitative estimate of drug-likeness (QED) is 0.0212. The molecule has 0 aromatic heterocycles. The summed E-state index contributed by atoms with van der Waals surface area (Å²) >= 11 is 0. The molecule has 73 heavy (non-hydrogen) atoms. The highest BCUT2D eigenvalue weighted by Crippen LogP contribution is 2.38. The van der Waals surface area contributed by atoms with Gasteiger partial charge in [-0.2, -0.15) is 0 Å². The predicted octanol–water partition coefficient (Wildman–Crippen LogP) is 17.4. The molecular formula is C63H111N2O7P. The first-order chi connectivity index (χ1) is 35.4. The summed E-state index contributed by atoms with van der Waals surface area (Å²) in [5, 5.41) is 2.98. The zero-order valence-corrected chi connectivity index (χ0v) is 48.7. The zero-order chi connectivity index (χ0) is 53.6. The number of phosphoric acid groups is 1. The Hall–Kier alpha value is -3.07. The molecule has 0 aliphatic carbocycles. The summed E-state index contributed by atoms with van der Waals surface area (Å²) in [4.78, 5) is 39.9. The summed E-state index contributed by atoms with van der Waals surface area (Å²) in [7, 11) is 1.13. The highest BCUT2D eigenvalue weighted by atomic mass is 31.2. The van der Waals surface area contributed by atoms with Crippen molar-refractivity contribution >= 4 is 19.7 Å². The molecule has 420 valence electrons. The molecule has 10 heteroatoms. The van der Waals surface area contributed by atoms with Crippen LogP contribution in [0.25, 0.3) is 0 Å². The number of likely N-dealkylation sites (N-methyl/N-ethyl adjacent to an activating group) is 1. The summed E-state index contributed by atoms with van der Waals surface area (Å²) in [5.74, 6) is -0.627. The van der Waals surface area contributed by atoms with E-state index in [0.717, 1.165) is 96.3 Å². The van der Waals surface area contributed by atoms with Crippen LogP contribution in [0.4, 0.5) is 0 Å². The minimum absolute atomic E-state index is 0.0392. The standard InChI is InChI=1S/C63H111N2O7P/c1-7-10-13-16-19-22-25-27-29-31-32-34-36-38-41-44-47-50-53-56-63(67)72-61(54-51-48-45-42-39-24-21-18-15-12-9-3)60(59-71-73(68,69)70-58-57-65(4,5)6)64-62(66)55-52-49-46-43-40-37-35-33-30-28-26-23-20-17-14-11-8-2/h19-20,22-23,27-30,32,34-35,37,43,46,51,54,60-61H,7-18,21,24-26,31,33,36,38-42,44-45,47-50,52-53,55-59H2,1-6H3,(H-,64,66,68,69)/b22-19-,23-20-,29-27-,30-28-,34-32-,37-35-,46-43-,54-51+. The molecule has 3 atom stereocenters. The van der Waals surface area contributed by atoms with E-state index in [1.807, 2.05) is 33.3 Å². The second-order valence-corrected chi connectivity index (χ2v) is 22.2. The molecule has 0 saturated heterocycles. The van der Waals surface area contributed by atoms with Crippen LogP contribution in [0.1, 0.15) is 239 Å². The number of esters is 1. The molecule has 0 heterocycles. The molecule has 0 aliphatic heterocycles. The van der Waals surface area contributed by atoms with Crippen molar-refractivity contribution in [1.29, 1.82) is 0 Å². The fourth-order valence-corrected chi connectivity index (χ4v) is 8.60. The second kappa shape index (κ2) is 52.4. The molecule has 1 N–H and O–H groups in total. The van der Waals surface area contributed by atoms with Gasteiger partial charge >= 0.3 is 5.97 Å². The van der Waals surface area contributed by atoms with Crippen molar-refractivity contribution in [1.82, 2.24) is 5.32 Å². The van der Waals surface area contributed by atoms with Gasteiger partial charge in [0.25, 0.3) is 7.82 Å². The number of allylic oxidation sites excluding steroid dienone is 15. The molecule has 9 nitrogen and oxygen atoms in total. The predicted molar refractivity (Wildman–Crippen MR) is 311 cm³/mol. The Labute approximate surface area is 449 Å². The van der Waals surface area contributed by atoms with Crippen LogP contribution in [0.2, 0.25) is 0 Å². The van der Waals surface area contributed by atoms with Crippen molar-refractivity contribution in [2.45, 2.75) is 251 Å². The van der Waals surface area contributed by atoms with Gasteiger partial charge in [-0.05, 0) is 109 Å². The smallest absolute Gasteiger partial charge is 0.306 e. The fraction of sp³-hybridized carbons (Fsp3) is 0.714.